The van der Waals surface area contributed by atoms with E-state index in [2.05, 4.69) is 0 Å². The van der Waals surface area contributed by atoms with Gasteiger partial charge in [0, 0.05) is 10.6 Å². The second-order valence-corrected chi connectivity index (χ2v) is 3.99. The summed E-state index contributed by atoms with van der Waals surface area (Å²) in [7, 11) is 1.68. The van der Waals surface area contributed by atoms with E-state index in [1.165, 1.54) is 4.88 Å². The summed E-state index contributed by atoms with van der Waals surface area (Å²) < 4.78 is 5.13. The molecule has 1 aromatic heterocycles. The van der Waals surface area contributed by atoms with Gasteiger partial charge in [0.2, 0.25) is 0 Å². The van der Waals surface area contributed by atoms with Crippen LogP contribution in [0.1, 0.15) is 0 Å². The van der Waals surface area contributed by atoms with Crippen molar-refractivity contribution >= 4 is 17.0 Å². The Hall–Kier alpha value is -1.48. The number of methoxy groups -OCH3 is 1. The average Bonchev–Trinajstić information content (AvgIpc) is 2.66. The van der Waals surface area contributed by atoms with Crippen molar-refractivity contribution in [1.29, 1.82) is 0 Å². The van der Waals surface area contributed by atoms with Gasteiger partial charge in [-0.2, -0.15) is 0 Å². The molecule has 0 saturated heterocycles. The largest absolute Gasteiger partial charge is 0.487 e. The Morgan fingerprint density at radius 3 is 2.71 bits per heavy atom. The van der Waals surface area contributed by atoms with Crippen molar-refractivity contribution in [2.75, 3.05) is 12.8 Å². The van der Waals surface area contributed by atoms with Gasteiger partial charge in [-0.05, 0) is 29.8 Å². The standard InChI is InChI=1S/C11H11NOS/c1-13-11-6-5-10(14-11)8-3-2-4-9(12)7-8/h2-7H,12H2,1H3. The first-order valence-corrected chi connectivity index (χ1v) is 5.11. The summed E-state index contributed by atoms with van der Waals surface area (Å²) in [5.41, 5.74) is 7.63. The van der Waals surface area contributed by atoms with Crippen LogP contribution >= 0.6 is 11.3 Å². The van der Waals surface area contributed by atoms with Crippen LogP contribution in [0.25, 0.3) is 10.4 Å². The molecule has 2 aromatic rings. The summed E-state index contributed by atoms with van der Waals surface area (Å²) in [5, 5.41) is 0.919. The Balaban J connectivity index is 2.39. The number of nitrogen functional groups attached to an aromatic ring is 1. The van der Waals surface area contributed by atoms with Crippen molar-refractivity contribution < 1.29 is 4.74 Å². The Kier molecular flexibility index (Phi) is 2.41. The molecular weight excluding hydrogens is 194 g/mol. The maximum absolute atomic E-state index is 5.71. The minimum atomic E-state index is 0.787. The highest BCUT2D eigenvalue weighted by atomic mass is 32.1. The molecule has 1 heterocycles. The molecule has 0 aliphatic heterocycles. The number of hydrogen-bond acceptors (Lipinski definition) is 3. The van der Waals surface area contributed by atoms with Crippen LogP contribution < -0.4 is 10.5 Å². The predicted molar refractivity (Wildman–Crippen MR) is 60.7 cm³/mol. The minimum Gasteiger partial charge on any atom is -0.487 e. The molecule has 2 rings (SSSR count). The molecule has 0 aliphatic carbocycles. The van der Waals surface area contributed by atoms with Crippen molar-refractivity contribution in [2.24, 2.45) is 0 Å². The summed E-state index contributed by atoms with van der Waals surface area (Å²) >= 11 is 1.62. The van der Waals surface area contributed by atoms with Crippen LogP contribution in [0.15, 0.2) is 36.4 Å². The molecular formula is C11H11NOS. The van der Waals surface area contributed by atoms with Crippen molar-refractivity contribution in [3.05, 3.63) is 36.4 Å². The quantitative estimate of drug-likeness (QED) is 0.765. The molecule has 0 atom stereocenters. The summed E-state index contributed by atoms with van der Waals surface area (Å²) in [6, 6.07) is 11.8. The molecule has 2 nitrogen and oxygen atoms in total. The van der Waals surface area contributed by atoms with E-state index in [9.17, 15) is 0 Å². The Bertz CT molecular complexity index is 436. The fraction of sp³-hybridized carbons (Fsp3) is 0.0909. The molecule has 1 aromatic carbocycles. The van der Waals surface area contributed by atoms with Crippen LogP contribution in [0, 0.1) is 0 Å². The van der Waals surface area contributed by atoms with E-state index < -0.39 is 0 Å². The third-order valence-electron chi connectivity index (χ3n) is 1.95. The summed E-state index contributed by atoms with van der Waals surface area (Å²) in [6.07, 6.45) is 0. The summed E-state index contributed by atoms with van der Waals surface area (Å²) in [6.45, 7) is 0. The molecule has 72 valence electrons. The van der Waals surface area contributed by atoms with Gasteiger partial charge in [-0.1, -0.05) is 23.5 Å². The van der Waals surface area contributed by atoms with Gasteiger partial charge >= 0.3 is 0 Å². The molecule has 0 amide bonds. The maximum Gasteiger partial charge on any atom is 0.173 e. The minimum absolute atomic E-state index is 0.787. The van der Waals surface area contributed by atoms with Crippen LogP contribution in [-0.2, 0) is 0 Å². The molecule has 0 aliphatic rings. The van der Waals surface area contributed by atoms with E-state index in [-0.39, 0.29) is 0 Å². The van der Waals surface area contributed by atoms with Gasteiger partial charge in [0.05, 0.1) is 7.11 Å². The number of anilines is 1. The van der Waals surface area contributed by atoms with Gasteiger partial charge in [0.1, 0.15) is 0 Å². The van der Waals surface area contributed by atoms with Crippen LogP contribution in [0.2, 0.25) is 0 Å². The number of ether oxygens (including phenoxy) is 1. The van der Waals surface area contributed by atoms with Crippen LogP contribution in [-0.4, -0.2) is 7.11 Å². The highest BCUT2D eigenvalue weighted by Crippen LogP contribution is 2.33. The lowest BCUT2D eigenvalue weighted by Gasteiger charge is -1.98. The zero-order valence-electron chi connectivity index (χ0n) is 7.86. The molecule has 0 unspecified atom stereocenters. The van der Waals surface area contributed by atoms with Gasteiger partial charge in [-0.3, -0.25) is 0 Å². The summed E-state index contributed by atoms with van der Waals surface area (Å²) in [4.78, 5) is 1.18. The smallest absolute Gasteiger partial charge is 0.173 e. The molecule has 0 radical (unpaired) electrons. The average molecular weight is 205 g/mol. The Morgan fingerprint density at radius 1 is 1.21 bits per heavy atom. The van der Waals surface area contributed by atoms with Gasteiger partial charge < -0.3 is 10.5 Å². The zero-order valence-corrected chi connectivity index (χ0v) is 8.67. The number of nitrogens with two attached hydrogens (primary N) is 1. The number of hydrogen-bond donors (Lipinski definition) is 1. The van der Waals surface area contributed by atoms with Gasteiger partial charge in [-0.25, -0.2) is 0 Å². The molecule has 3 heteroatoms. The fourth-order valence-corrected chi connectivity index (χ4v) is 2.09. The second-order valence-electron chi connectivity index (χ2n) is 2.95. The van der Waals surface area contributed by atoms with Crippen LogP contribution in [0.4, 0.5) is 5.69 Å². The van der Waals surface area contributed by atoms with E-state index in [0.29, 0.717) is 0 Å². The molecule has 0 spiro atoms. The van der Waals surface area contributed by atoms with Crippen molar-refractivity contribution in [3.63, 3.8) is 0 Å². The first kappa shape index (κ1) is 9.09. The van der Waals surface area contributed by atoms with Gasteiger partial charge in [0.25, 0.3) is 0 Å². The van der Waals surface area contributed by atoms with E-state index >= 15 is 0 Å². The fourth-order valence-electron chi connectivity index (χ4n) is 1.28. The normalized spacial score (nSPS) is 10.1. The van der Waals surface area contributed by atoms with Crippen LogP contribution in [0.5, 0.6) is 5.06 Å². The zero-order chi connectivity index (χ0) is 9.97. The predicted octanol–water partition coefficient (Wildman–Crippen LogP) is 3.01. The Labute approximate surface area is 86.9 Å². The van der Waals surface area contributed by atoms with E-state index in [0.717, 1.165) is 16.3 Å². The SMILES string of the molecule is COc1ccc(-c2cccc(N)c2)s1. The lowest BCUT2D eigenvalue weighted by atomic mass is 10.2. The number of benzene rings is 1. The second kappa shape index (κ2) is 3.72. The number of rotatable bonds is 2. The Morgan fingerprint density at radius 2 is 2.07 bits per heavy atom. The molecule has 0 bridgehead atoms. The number of thiophene rings is 1. The first-order valence-electron chi connectivity index (χ1n) is 4.29. The monoisotopic (exact) mass is 205 g/mol. The lowest BCUT2D eigenvalue weighted by molar-refractivity contribution is 0.427. The van der Waals surface area contributed by atoms with Crippen molar-refractivity contribution in [3.8, 4) is 15.5 Å². The lowest BCUT2D eigenvalue weighted by Crippen LogP contribution is -1.83. The van der Waals surface area contributed by atoms with E-state index in [1.807, 2.05) is 36.4 Å². The van der Waals surface area contributed by atoms with Gasteiger partial charge in [-0.15, -0.1) is 0 Å². The first-order chi connectivity index (χ1) is 6.79. The third kappa shape index (κ3) is 1.72. The summed E-state index contributed by atoms with van der Waals surface area (Å²) in [5.74, 6) is 0. The molecule has 14 heavy (non-hydrogen) atoms. The topological polar surface area (TPSA) is 35.2 Å². The highest BCUT2D eigenvalue weighted by Gasteiger charge is 2.02. The molecule has 0 saturated carbocycles. The van der Waals surface area contributed by atoms with Gasteiger partial charge in [0.15, 0.2) is 5.06 Å². The van der Waals surface area contributed by atoms with E-state index in [1.54, 1.807) is 18.4 Å². The molecule has 0 fully saturated rings. The highest BCUT2D eigenvalue weighted by molar-refractivity contribution is 7.17. The third-order valence-corrected chi connectivity index (χ3v) is 3.05. The maximum atomic E-state index is 5.71. The van der Waals surface area contributed by atoms with Crippen molar-refractivity contribution in [2.45, 2.75) is 0 Å². The van der Waals surface area contributed by atoms with Crippen LogP contribution in [0.3, 0.4) is 0 Å². The van der Waals surface area contributed by atoms with Crippen molar-refractivity contribution in [1.82, 2.24) is 0 Å². The van der Waals surface area contributed by atoms with E-state index in [4.69, 9.17) is 10.5 Å². The molecule has 2 N–H and O–H groups in total.